The van der Waals surface area contributed by atoms with E-state index in [0.717, 1.165) is 42.4 Å². The highest BCUT2D eigenvalue weighted by Crippen LogP contribution is 2.37. The van der Waals surface area contributed by atoms with E-state index in [0.29, 0.717) is 6.04 Å². The second-order valence-corrected chi connectivity index (χ2v) is 6.82. The lowest BCUT2D eigenvalue weighted by Gasteiger charge is -2.25. The summed E-state index contributed by atoms with van der Waals surface area (Å²) in [4.78, 5) is 7.36. The molecule has 2 heterocycles. The van der Waals surface area contributed by atoms with Crippen LogP contribution >= 0.6 is 0 Å². The van der Waals surface area contributed by atoms with Crippen molar-refractivity contribution in [3.8, 4) is 11.5 Å². The summed E-state index contributed by atoms with van der Waals surface area (Å²) in [6.45, 7) is 1.94. The number of ether oxygens (including phenoxy) is 2. The fraction of sp³-hybridized carbons (Fsp3) is 0.381. The summed E-state index contributed by atoms with van der Waals surface area (Å²) in [7, 11) is 5.46. The molecule has 3 aromatic rings. The second-order valence-electron chi connectivity index (χ2n) is 6.82. The average Bonchev–Trinajstić information content (AvgIpc) is 3.26. The van der Waals surface area contributed by atoms with Crippen molar-refractivity contribution in [1.82, 2.24) is 14.5 Å². The molecule has 1 aromatic heterocycles. The molecule has 5 heteroatoms. The molecule has 26 heavy (non-hydrogen) atoms. The van der Waals surface area contributed by atoms with Gasteiger partial charge >= 0.3 is 0 Å². The molecule has 0 spiro atoms. The number of para-hydroxylation sites is 2. The first-order chi connectivity index (χ1) is 12.7. The molecule has 0 unspecified atom stereocenters. The third-order valence-corrected chi connectivity index (χ3v) is 5.38. The molecule has 1 saturated heterocycles. The van der Waals surface area contributed by atoms with Gasteiger partial charge in [-0.3, -0.25) is 4.90 Å². The Kier molecular flexibility index (Phi) is 4.55. The van der Waals surface area contributed by atoms with Gasteiger partial charge in [0.2, 0.25) is 0 Å². The van der Waals surface area contributed by atoms with E-state index in [4.69, 9.17) is 14.5 Å². The Morgan fingerprint density at radius 1 is 1.08 bits per heavy atom. The quantitative estimate of drug-likeness (QED) is 0.698. The third-order valence-electron chi connectivity index (χ3n) is 5.38. The molecule has 5 nitrogen and oxygen atoms in total. The van der Waals surface area contributed by atoms with Gasteiger partial charge in [-0.2, -0.15) is 0 Å². The fourth-order valence-corrected chi connectivity index (χ4v) is 3.97. The zero-order valence-corrected chi connectivity index (χ0v) is 15.6. The van der Waals surface area contributed by atoms with Crippen molar-refractivity contribution < 1.29 is 9.47 Å². The lowest BCUT2D eigenvalue weighted by atomic mass is 10.0. The predicted octanol–water partition coefficient (Wildman–Crippen LogP) is 3.93. The molecular weight excluding hydrogens is 326 g/mol. The van der Waals surface area contributed by atoms with Crippen LogP contribution < -0.4 is 9.47 Å². The first-order valence-electron chi connectivity index (χ1n) is 9.07. The van der Waals surface area contributed by atoms with Crippen molar-refractivity contribution in [1.29, 1.82) is 0 Å². The van der Waals surface area contributed by atoms with Crippen LogP contribution in [0.4, 0.5) is 0 Å². The van der Waals surface area contributed by atoms with Crippen molar-refractivity contribution in [2.24, 2.45) is 7.05 Å². The largest absolute Gasteiger partial charge is 0.493 e. The molecule has 0 bridgehead atoms. The van der Waals surface area contributed by atoms with E-state index in [9.17, 15) is 0 Å². The van der Waals surface area contributed by atoms with Crippen LogP contribution in [0.1, 0.15) is 30.3 Å². The Balaban J connectivity index is 1.61. The Morgan fingerprint density at radius 3 is 2.65 bits per heavy atom. The van der Waals surface area contributed by atoms with Crippen LogP contribution in [-0.4, -0.2) is 35.2 Å². The summed E-state index contributed by atoms with van der Waals surface area (Å²) in [5.41, 5.74) is 3.52. The van der Waals surface area contributed by atoms with Crippen molar-refractivity contribution >= 4 is 11.0 Å². The number of aryl methyl sites for hydroxylation is 1. The lowest BCUT2D eigenvalue weighted by Crippen LogP contribution is -2.24. The molecule has 136 valence electrons. The van der Waals surface area contributed by atoms with E-state index in [2.05, 4.69) is 46.8 Å². The standard InChI is InChI=1S/C21H25N3O2/c1-23-18-8-5-4-7-16(18)22-21(23)14-24-12-6-9-17(24)15-10-11-19(25-2)20(13-15)26-3/h4-5,7-8,10-11,13,17H,6,9,12,14H2,1-3H3/t17-/m1/s1. The van der Waals surface area contributed by atoms with Crippen LogP contribution in [0, 0.1) is 0 Å². The van der Waals surface area contributed by atoms with Crippen LogP contribution in [-0.2, 0) is 13.6 Å². The minimum atomic E-state index is 0.384. The minimum Gasteiger partial charge on any atom is -0.493 e. The van der Waals surface area contributed by atoms with Crippen molar-refractivity contribution in [3.63, 3.8) is 0 Å². The SMILES string of the molecule is COc1ccc([C@H]2CCCN2Cc2nc3ccccc3n2C)cc1OC. The van der Waals surface area contributed by atoms with E-state index in [1.807, 2.05) is 12.1 Å². The summed E-state index contributed by atoms with van der Waals surface area (Å²) in [6, 6.07) is 15.0. The normalized spacial score (nSPS) is 17.7. The first kappa shape index (κ1) is 16.9. The van der Waals surface area contributed by atoms with Gasteiger partial charge < -0.3 is 14.0 Å². The fourth-order valence-electron chi connectivity index (χ4n) is 3.97. The number of hydrogen-bond acceptors (Lipinski definition) is 4. The third kappa shape index (κ3) is 2.92. The number of rotatable bonds is 5. The number of fused-ring (bicyclic) bond motifs is 1. The highest BCUT2D eigenvalue weighted by molar-refractivity contribution is 5.75. The molecule has 0 saturated carbocycles. The zero-order chi connectivity index (χ0) is 18.1. The molecule has 1 aliphatic rings. The summed E-state index contributed by atoms with van der Waals surface area (Å²) < 4.78 is 13.1. The van der Waals surface area contributed by atoms with Crippen LogP contribution in [0.2, 0.25) is 0 Å². The number of benzene rings is 2. The molecule has 1 aliphatic heterocycles. The van der Waals surface area contributed by atoms with Gasteiger partial charge in [0, 0.05) is 13.1 Å². The maximum Gasteiger partial charge on any atom is 0.161 e. The summed E-state index contributed by atoms with van der Waals surface area (Å²) in [6.07, 6.45) is 2.35. The first-order valence-corrected chi connectivity index (χ1v) is 9.07. The topological polar surface area (TPSA) is 39.5 Å². The maximum absolute atomic E-state index is 5.49. The highest BCUT2D eigenvalue weighted by Gasteiger charge is 2.28. The molecule has 0 aliphatic carbocycles. The van der Waals surface area contributed by atoms with E-state index >= 15 is 0 Å². The van der Waals surface area contributed by atoms with E-state index < -0.39 is 0 Å². The lowest BCUT2D eigenvalue weighted by molar-refractivity contribution is 0.239. The van der Waals surface area contributed by atoms with Gasteiger partial charge in [-0.05, 0) is 49.2 Å². The molecule has 0 N–H and O–H groups in total. The molecule has 0 radical (unpaired) electrons. The van der Waals surface area contributed by atoms with Gasteiger partial charge in [0.05, 0.1) is 31.8 Å². The Bertz CT molecular complexity index is 919. The molecular formula is C21H25N3O2. The van der Waals surface area contributed by atoms with Crippen LogP contribution in [0.3, 0.4) is 0 Å². The smallest absolute Gasteiger partial charge is 0.161 e. The highest BCUT2D eigenvalue weighted by atomic mass is 16.5. The Hall–Kier alpha value is -2.53. The monoisotopic (exact) mass is 351 g/mol. The molecule has 1 fully saturated rings. The van der Waals surface area contributed by atoms with Gasteiger partial charge in [-0.1, -0.05) is 18.2 Å². The molecule has 4 rings (SSSR count). The molecule has 2 aromatic carbocycles. The summed E-state index contributed by atoms with van der Waals surface area (Å²) >= 11 is 0. The number of methoxy groups -OCH3 is 2. The van der Waals surface area contributed by atoms with Crippen LogP contribution in [0.15, 0.2) is 42.5 Å². The molecule has 0 amide bonds. The van der Waals surface area contributed by atoms with Gasteiger partial charge in [-0.15, -0.1) is 0 Å². The van der Waals surface area contributed by atoms with Gasteiger partial charge in [-0.25, -0.2) is 4.98 Å². The van der Waals surface area contributed by atoms with Gasteiger partial charge in [0.25, 0.3) is 0 Å². The number of imidazole rings is 1. The number of hydrogen-bond donors (Lipinski definition) is 0. The van der Waals surface area contributed by atoms with E-state index in [-0.39, 0.29) is 0 Å². The van der Waals surface area contributed by atoms with Crippen molar-refractivity contribution in [2.45, 2.75) is 25.4 Å². The maximum atomic E-state index is 5.49. The Labute approximate surface area is 154 Å². The van der Waals surface area contributed by atoms with Gasteiger partial charge in [0.15, 0.2) is 11.5 Å². The number of nitrogens with zero attached hydrogens (tertiary/aromatic N) is 3. The minimum absolute atomic E-state index is 0.384. The van der Waals surface area contributed by atoms with E-state index in [1.165, 1.54) is 17.5 Å². The van der Waals surface area contributed by atoms with Crippen molar-refractivity contribution in [2.75, 3.05) is 20.8 Å². The summed E-state index contributed by atoms with van der Waals surface area (Å²) in [5.74, 6) is 2.68. The average molecular weight is 351 g/mol. The number of aromatic nitrogens is 2. The van der Waals surface area contributed by atoms with Crippen molar-refractivity contribution in [3.05, 3.63) is 53.9 Å². The van der Waals surface area contributed by atoms with E-state index in [1.54, 1.807) is 14.2 Å². The van der Waals surface area contributed by atoms with Crippen LogP contribution in [0.25, 0.3) is 11.0 Å². The predicted molar refractivity (Wildman–Crippen MR) is 103 cm³/mol. The molecule has 1 atom stereocenters. The second kappa shape index (κ2) is 7.00. The Morgan fingerprint density at radius 2 is 1.88 bits per heavy atom. The zero-order valence-electron chi connectivity index (χ0n) is 15.6. The summed E-state index contributed by atoms with van der Waals surface area (Å²) in [5, 5.41) is 0. The van der Waals surface area contributed by atoms with Gasteiger partial charge in [0.1, 0.15) is 5.82 Å². The number of likely N-dealkylation sites (tertiary alicyclic amines) is 1. The van der Waals surface area contributed by atoms with Crippen LogP contribution in [0.5, 0.6) is 11.5 Å².